The van der Waals surface area contributed by atoms with Crippen molar-refractivity contribution in [2.24, 2.45) is 21.0 Å². The Labute approximate surface area is 155 Å². The van der Waals surface area contributed by atoms with Crippen molar-refractivity contribution in [1.82, 2.24) is 14.8 Å². The summed E-state index contributed by atoms with van der Waals surface area (Å²) < 4.78 is 1.36. The van der Waals surface area contributed by atoms with Crippen LogP contribution in [0.3, 0.4) is 0 Å². The highest BCUT2D eigenvalue weighted by Gasteiger charge is 2.35. The lowest BCUT2D eigenvalue weighted by molar-refractivity contribution is -0.118. The van der Waals surface area contributed by atoms with Gasteiger partial charge in [-0.25, -0.2) is 0 Å². The average Bonchev–Trinajstić information content (AvgIpc) is 3.18. The van der Waals surface area contributed by atoms with Gasteiger partial charge in [0.2, 0.25) is 0 Å². The monoisotopic (exact) mass is 363 g/mol. The van der Waals surface area contributed by atoms with E-state index < -0.39 is 5.92 Å². The molecule has 27 heavy (non-hydrogen) atoms. The van der Waals surface area contributed by atoms with Gasteiger partial charge in [0.05, 0.1) is 5.69 Å². The minimum atomic E-state index is -0.569. The molecule has 9 nitrogen and oxygen atoms in total. The van der Waals surface area contributed by atoms with Gasteiger partial charge in [0.15, 0.2) is 0 Å². The van der Waals surface area contributed by atoms with Gasteiger partial charge in [-0.1, -0.05) is 18.2 Å². The molecule has 0 aliphatic carbocycles. The van der Waals surface area contributed by atoms with Crippen LogP contribution >= 0.6 is 0 Å². The van der Waals surface area contributed by atoms with E-state index in [0.717, 1.165) is 5.56 Å². The van der Waals surface area contributed by atoms with Crippen LogP contribution in [0.2, 0.25) is 0 Å². The molecule has 1 aromatic heterocycles. The predicted molar refractivity (Wildman–Crippen MR) is 101 cm³/mol. The zero-order valence-electron chi connectivity index (χ0n) is 15.0. The van der Waals surface area contributed by atoms with Crippen molar-refractivity contribution in [3.63, 3.8) is 0 Å². The van der Waals surface area contributed by atoms with Gasteiger partial charge in [-0.15, -0.1) is 0 Å². The fraction of sp³-hybridized carbons (Fsp3) is 0.222. The molecule has 0 spiro atoms. The third-order valence-electron chi connectivity index (χ3n) is 4.34. The number of hydrazone groups is 1. The first kappa shape index (κ1) is 16.8. The fourth-order valence-corrected chi connectivity index (χ4v) is 2.95. The average molecular weight is 363 g/mol. The number of aliphatic imine (C=N–C) groups is 2. The van der Waals surface area contributed by atoms with Crippen LogP contribution < -0.4 is 5.32 Å². The topological polar surface area (TPSA) is 104 Å². The lowest BCUT2D eigenvalue weighted by atomic mass is 10.1. The number of aromatic nitrogens is 2. The minimum absolute atomic E-state index is 0.0942. The highest BCUT2D eigenvalue weighted by atomic mass is 16.2. The van der Waals surface area contributed by atoms with Crippen molar-refractivity contribution in [3.05, 3.63) is 47.2 Å². The van der Waals surface area contributed by atoms with E-state index in [4.69, 9.17) is 0 Å². The number of rotatable bonds is 2. The van der Waals surface area contributed by atoms with Crippen molar-refractivity contribution in [2.45, 2.75) is 13.8 Å². The van der Waals surface area contributed by atoms with Crippen LogP contribution in [0.15, 0.2) is 45.4 Å². The van der Waals surface area contributed by atoms with Crippen molar-refractivity contribution in [3.8, 4) is 0 Å². The Bertz CT molecular complexity index is 1050. The molecule has 0 radical (unpaired) electrons. The van der Waals surface area contributed by atoms with Crippen LogP contribution in [0.25, 0.3) is 0 Å². The predicted octanol–water partition coefficient (Wildman–Crippen LogP) is 1.44. The third kappa shape index (κ3) is 2.92. The minimum Gasteiger partial charge on any atom is -0.306 e. The summed E-state index contributed by atoms with van der Waals surface area (Å²) in [6, 6.07) is 8.98. The van der Waals surface area contributed by atoms with Gasteiger partial charge in [-0.05, 0) is 25.5 Å². The molecular weight excluding hydrogens is 346 g/mol. The molecule has 1 aromatic carbocycles. The first-order valence-corrected chi connectivity index (χ1v) is 8.37. The number of aryl methyl sites for hydroxylation is 2. The molecule has 2 aliphatic heterocycles. The van der Waals surface area contributed by atoms with Gasteiger partial charge >= 0.3 is 0 Å². The number of fused-ring (bicyclic) bond motifs is 1. The van der Waals surface area contributed by atoms with Crippen LogP contribution in [0.5, 0.6) is 0 Å². The van der Waals surface area contributed by atoms with Gasteiger partial charge in [-0.2, -0.15) is 24.9 Å². The maximum Gasteiger partial charge on any atom is 0.265 e. The van der Waals surface area contributed by atoms with Crippen LogP contribution in [0.1, 0.15) is 21.6 Å². The van der Waals surface area contributed by atoms with E-state index in [2.05, 4.69) is 25.5 Å². The molecule has 0 bridgehead atoms. The Morgan fingerprint density at radius 3 is 2.74 bits per heavy atom. The Morgan fingerprint density at radius 2 is 1.96 bits per heavy atom. The molecule has 0 saturated heterocycles. The second-order valence-electron chi connectivity index (χ2n) is 6.34. The first-order valence-electron chi connectivity index (χ1n) is 8.37. The number of amidine groups is 1. The van der Waals surface area contributed by atoms with Crippen LogP contribution in [0, 0.1) is 19.8 Å². The van der Waals surface area contributed by atoms with E-state index >= 15 is 0 Å². The van der Waals surface area contributed by atoms with Gasteiger partial charge in [0, 0.05) is 24.9 Å². The van der Waals surface area contributed by atoms with Crippen molar-refractivity contribution >= 4 is 35.6 Å². The van der Waals surface area contributed by atoms with E-state index in [9.17, 15) is 9.59 Å². The van der Waals surface area contributed by atoms with Crippen molar-refractivity contribution in [2.75, 3.05) is 12.4 Å². The Balaban J connectivity index is 1.68. The second kappa shape index (κ2) is 6.27. The lowest BCUT2D eigenvalue weighted by Crippen LogP contribution is -2.35. The van der Waals surface area contributed by atoms with Gasteiger partial charge in [0.25, 0.3) is 17.8 Å². The number of benzene rings is 1. The Morgan fingerprint density at radius 1 is 1.19 bits per heavy atom. The summed E-state index contributed by atoms with van der Waals surface area (Å²) in [6.45, 7) is 3.65. The van der Waals surface area contributed by atoms with E-state index in [1.807, 2.05) is 19.1 Å². The van der Waals surface area contributed by atoms with E-state index in [-0.39, 0.29) is 17.8 Å². The van der Waals surface area contributed by atoms with E-state index in [1.54, 1.807) is 32.2 Å². The fourth-order valence-electron chi connectivity index (χ4n) is 2.95. The second-order valence-corrected chi connectivity index (χ2v) is 6.34. The lowest BCUT2D eigenvalue weighted by Gasteiger charge is -2.17. The Kier molecular flexibility index (Phi) is 3.91. The molecule has 1 unspecified atom stereocenters. The van der Waals surface area contributed by atoms with E-state index in [1.165, 1.54) is 15.9 Å². The quantitative estimate of drug-likeness (QED) is 0.872. The molecule has 136 valence electrons. The summed E-state index contributed by atoms with van der Waals surface area (Å²) in [5, 5.41) is 12.8. The molecule has 0 fully saturated rings. The smallest absolute Gasteiger partial charge is 0.265 e. The zero-order valence-corrected chi connectivity index (χ0v) is 15.0. The number of anilines is 1. The molecule has 1 N–H and O–H groups in total. The normalized spacial score (nSPS) is 18.3. The maximum absolute atomic E-state index is 12.7. The molecule has 4 rings (SSSR count). The maximum atomic E-state index is 12.7. The number of hydrogen-bond acceptors (Lipinski definition) is 6. The first-order chi connectivity index (χ1) is 12.9. The SMILES string of the molecule is Cc1cc(NC(=O)c2ccccc2C)n(C2=NC(=O)C3C=NN(C)C3=N2)n1. The molecule has 2 amide bonds. The molecule has 2 aliphatic rings. The van der Waals surface area contributed by atoms with Gasteiger partial charge in [-0.3, -0.25) is 14.6 Å². The number of amides is 2. The van der Waals surface area contributed by atoms with Crippen molar-refractivity contribution in [1.29, 1.82) is 0 Å². The highest BCUT2D eigenvalue weighted by Crippen LogP contribution is 2.20. The molecular formula is C18H17N7O2. The van der Waals surface area contributed by atoms with Crippen LogP contribution in [-0.4, -0.2) is 51.7 Å². The van der Waals surface area contributed by atoms with Crippen LogP contribution in [-0.2, 0) is 4.79 Å². The largest absolute Gasteiger partial charge is 0.306 e. The molecule has 2 aromatic rings. The standard InChI is InChI=1S/C18H17N7O2/c1-10-6-4-5-7-12(10)16(26)20-14-8-11(2)23-25(14)18-21-15-13(17(27)22-18)9-19-24(15)3/h4-9,13H,1-3H3,(H,20,26). The highest BCUT2D eigenvalue weighted by molar-refractivity contribution is 6.24. The third-order valence-corrected chi connectivity index (χ3v) is 4.34. The molecule has 9 heteroatoms. The van der Waals surface area contributed by atoms with Crippen molar-refractivity contribution < 1.29 is 9.59 Å². The molecule has 0 saturated carbocycles. The summed E-state index contributed by atoms with van der Waals surface area (Å²) in [6.07, 6.45) is 1.51. The summed E-state index contributed by atoms with van der Waals surface area (Å²) in [5.41, 5.74) is 2.07. The summed E-state index contributed by atoms with van der Waals surface area (Å²) >= 11 is 0. The molecule has 1 atom stereocenters. The number of carbonyl (C=O) groups is 2. The van der Waals surface area contributed by atoms with Crippen LogP contribution in [0.4, 0.5) is 5.82 Å². The molecule has 3 heterocycles. The van der Waals surface area contributed by atoms with Gasteiger partial charge < -0.3 is 5.32 Å². The number of hydrogen-bond donors (Lipinski definition) is 1. The summed E-state index contributed by atoms with van der Waals surface area (Å²) in [5.74, 6) is -0.250. The zero-order chi connectivity index (χ0) is 19.1. The number of nitrogens with zero attached hydrogens (tertiary/aromatic N) is 6. The summed E-state index contributed by atoms with van der Waals surface area (Å²) in [4.78, 5) is 33.4. The number of carbonyl (C=O) groups excluding carboxylic acids is 2. The Hall–Kier alpha value is -3.62. The van der Waals surface area contributed by atoms with Gasteiger partial charge in [0.1, 0.15) is 17.6 Å². The van der Waals surface area contributed by atoms with E-state index in [0.29, 0.717) is 22.9 Å². The summed E-state index contributed by atoms with van der Waals surface area (Å²) in [7, 11) is 1.71. The number of nitrogens with one attached hydrogen (secondary N) is 1.